The van der Waals surface area contributed by atoms with Gasteiger partial charge < -0.3 is 9.13 Å². The number of aryl methyl sites for hydroxylation is 2. The topological polar surface area (TPSA) is 48.5 Å². The lowest BCUT2D eigenvalue weighted by atomic mass is 10.2. The average Bonchev–Trinajstić information content (AvgIpc) is 3.14. The maximum Gasteiger partial charge on any atom is 0.140 e. The molecule has 4 rings (SSSR count). The largest absolute Gasteiger partial charge is 0.330 e. The number of pyridine rings is 1. The van der Waals surface area contributed by atoms with E-state index in [1.807, 2.05) is 36.9 Å². The Morgan fingerprint density at radius 1 is 1.17 bits per heavy atom. The highest BCUT2D eigenvalue weighted by Crippen LogP contribution is 2.21. The summed E-state index contributed by atoms with van der Waals surface area (Å²) in [6.45, 7) is 2.51. The fourth-order valence-corrected chi connectivity index (χ4v) is 2.86. The first-order valence-corrected chi connectivity index (χ1v) is 7.67. The van der Waals surface area contributed by atoms with E-state index < -0.39 is 0 Å². The van der Waals surface area contributed by atoms with Crippen molar-refractivity contribution in [2.75, 3.05) is 0 Å². The summed E-state index contributed by atoms with van der Waals surface area (Å²) in [5, 5.41) is 0. The highest BCUT2D eigenvalue weighted by atomic mass is 19.1. The van der Waals surface area contributed by atoms with Gasteiger partial charge >= 0.3 is 0 Å². The van der Waals surface area contributed by atoms with Crippen LogP contribution in [0.15, 0.2) is 48.9 Å². The van der Waals surface area contributed by atoms with Gasteiger partial charge in [-0.2, -0.15) is 0 Å². The zero-order chi connectivity index (χ0) is 16.7. The molecule has 0 saturated carbocycles. The number of aromatic nitrogens is 5. The Morgan fingerprint density at radius 2 is 2.04 bits per heavy atom. The molecule has 0 aliphatic rings. The van der Waals surface area contributed by atoms with Crippen molar-refractivity contribution in [1.29, 1.82) is 0 Å². The standard InChI is InChI=1S/C18H16FN5/c1-12-8-16-15(10-21-12)22-17(23(16)2)11-24-7-6-20-18(24)13-4-3-5-14(19)9-13/h3-10H,11H2,1-2H3. The van der Waals surface area contributed by atoms with Crippen LogP contribution in [-0.4, -0.2) is 24.1 Å². The highest BCUT2D eigenvalue weighted by molar-refractivity contribution is 5.75. The van der Waals surface area contributed by atoms with Crippen LogP contribution in [0.4, 0.5) is 4.39 Å². The third-order valence-electron chi connectivity index (χ3n) is 4.11. The fourth-order valence-electron chi connectivity index (χ4n) is 2.86. The van der Waals surface area contributed by atoms with Gasteiger partial charge in [0.15, 0.2) is 0 Å². The highest BCUT2D eigenvalue weighted by Gasteiger charge is 2.12. The smallest absolute Gasteiger partial charge is 0.140 e. The molecule has 0 fully saturated rings. The van der Waals surface area contributed by atoms with Crippen molar-refractivity contribution in [3.63, 3.8) is 0 Å². The first kappa shape index (κ1) is 14.6. The Bertz CT molecular complexity index is 1030. The van der Waals surface area contributed by atoms with E-state index >= 15 is 0 Å². The van der Waals surface area contributed by atoms with Gasteiger partial charge in [0, 0.05) is 30.7 Å². The number of halogens is 1. The van der Waals surface area contributed by atoms with Crippen LogP contribution in [-0.2, 0) is 13.6 Å². The second kappa shape index (κ2) is 5.56. The van der Waals surface area contributed by atoms with Crippen molar-refractivity contribution in [2.45, 2.75) is 13.5 Å². The first-order valence-electron chi connectivity index (χ1n) is 7.67. The predicted octanol–water partition coefficient (Wildman–Crippen LogP) is 3.33. The van der Waals surface area contributed by atoms with E-state index in [9.17, 15) is 4.39 Å². The molecule has 0 radical (unpaired) electrons. The van der Waals surface area contributed by atoms with Gasteiger partial charge in [-0.25, -0.2) is 14.4 Å². The minimum atomic E-state index is -0.272. The van der Waals surface area contributed by atoms with Crippen molar-refractivity contribution in [3.8, 4) is 11.4 Å². The molecule has 0 bridgehead atoms. The summed E-state index contributed by atoms with van der Waals surface area (Å²) in [6.07, 6.45) is 5.38. The summed E-state index contributed by atoms with van der Waals surface area (Å²) in [5.41, 5.74) is 3.62. The Hall–Kier alpha value is -3.02. The number of hydrogen-bond donors (Lipinski definition) is 0. The van der Waals surface area contributed by atoms with E-state index in [0.717, 1.165) is 33.9 Å². The van der Waals surface area contributed by atoms with E-state index in [4.69, 9.17) is 0 Å². The molecule has 4 aromatic rings. The molecule has 120 valence electrons. The molecule has 5 nitrogen and oxygen atoms in total. The van der Waals surface area contributed by atoms with Crippen molar-refractivity contribution < 1.29 is 4.39 Å². The normalized spacial score (nSPS) is 11.3. The SMILES string of the molecule is Cc1cc2c(cn1)nc(Cn1ccnc1-c1cccc(F)c1)n2C. The van der Waals surface area contributed by atoms with Crippen LogP contribution in [0.3, 0.4) is 0 Å². The van der Waals surface area contributed by atoms with Crippen LogP contribution >= 0.6 is 0 Å². The molecule has 0 aliphatic carbocycles. The summed E-state index contributed by atoms with van der Waals surface area (Å²) in [7, 11) is 1.99. The Labute approximate surface area is 138 Å². The van der Waals surface area contributed by atoms with Crippen molar-refractivity contribution in [3.05, 3.63) is 66.3 Å². The lowest BCUT2D eigenvalue weighted by Crippen LogP contribution is -2.06. The van der Waals surface area contributed by atoms with Crippen LogP contribution in [0.25, 0.3) is 22.4 Å². The Balaban J connectivity index is 1.75. The fraction of sp³-hybridized carbons (Fsp3) is 0.167. The third kappa shape index (κ3) is 2.46. The number of benzene rings is 1. The molecular weight excluding hydrogens is 305 g/mol. The van der Waals surface area contributed by atoms with E-state index in [1.54, 1.807) is 18.5 Å². The number of imidazole rings is 2. The third-order valence-corrected chi connectivity index (χ3v) is 4.11. The van der Waals surface area contributed by atoms with Gasteiger partial charge in [0.2, 0.25) is 0 Å². The summed E-state index contributed by atoms with van der Waals surface area (Å²) in [6, 6.07) is 8.48. The van der Waals surface area contributed by atoms with Gasteiger partial charge in [-0.15, -0.1) is 0 Å². The van der Waals surface area contributed by atoms with Gasteiger partial charge in [-0.3, -0.25) is 4.98 Å². The zero-order valence-corrected chi connectivity index (χ0v) is 13.4. The molecule has 3 heterocycles. The second-order valence-corrected chi connectivity index (χ2v) is 5.79. The molecule has 24 heavy (non-hydrogen) atoms. The molecule has 0 aliphatic heterocycles. The molecule has 3 aromatic heterocycles. The van der Waals surface area contributed by atoms with Crippen LogP contribution in [0.1, 0.15) is 11.5 Å². The summed E-state index contributed by atoms with van der Waals surface area (Å²) < 4.78 is 17.5. The van der Waals surface area contributed by atoms with Gasteiger partial charge in [-0.05, 0) is 25.1 Å². The summed E-state index contributed by atoms with van der Waals surface area (Å²) in [5.74, 6) is 1.34. The number of fused-ring (bicyclic) bond motifs is 1. The zero-order valence-electron chi connectivity index (χ0n) is 13.4. The van der Waals surface area contributed by atoms with E-state index in [1.165, 1.54) is 12.1 Å². The number of hydrogen-bond acceptors (Lipinski definition) is 3. The van der Waals surface area contributed by atoms with E-state index in [-0.39, 0.29) is 5.82 Å². The first-order chi connectivity index (χ1) is 11.6. The van der Waals surface area contributed by atoms with Crippen LogP contribution in [0.2, 0.25) is 0 Å². The van der Waals surface area contributed by atoms with Gasteiger partial charge in [0.1, 0.15) is 23.0 Å². The summed E-state index contributed by atoms with van der Waals surface area (Å²) in [4.78, 5) is 13.3. The Morgan fingerprint density at radius 3 is 2.88 bits per heavy atom. The van der Waals surface area contributed by atoms with Gasteiger partial charge in [0.25, 0.3) is 0 Å². The van der Waals surface area contributed by atoms with Crippen molar-refractivity contribution >= 4 is 11.0 Å². The van der Waals surface area contributed by atoms with E-state index in [0.29, 0.717) is 6.54 Å². The van der Waals surface area contributed by atoms with E-state index in [2.05, 4.69) is 19.5 Å². The molecule has 0 atom stereocenters. The van der Waals surface area contributed by atoms with Crippen LogP contribution < -0.4 is 0 Å². The molecule has 0 amide bonds. The van der Waals surface area contributed by atoms with Crippen LogP contribution in [0, 0.1) is 12.7 Å². The maximum absolute atomic E-state index is 13.5. The second-order valence-electron chi connectivity index (χ2n) is 5.79. The quantitative estimate of drug-likeness (QED) is 0.581. The average molecular weight is 321 g/mol. The van der Waals surface area contributed by atoms with Gasteiger partial charge in [0.05, 0.1) is 18.3 Å². The Kier molecular flexibility index (Phi) is 3.37. The number of nitrogens with zero attached hydrogens (tertiary/aromatic N) is 5. The maximum atomic E-state index is 13.5. The minimum Gasteiger partial charge on any atom is -0.330 e. The molecule has 0 saturated heterocycles. The number of rotatable bonds is 3. The van der Waals surface area contributed by atoms with Gasteiger partial charge in [-0.1, -0.05) is 12.1 Å². The minimum absolute atomic E-state index is 0.272. The lowest BCUT2D eigenvalue weighted by Gasteiger charge is -2.08. The lowest BCUT2D eigenvalue weighted by molar-refractivity contribution is 0.627. The van der Waals surface area contributed by atoms with Crippen LogP contribution in [0.5, 0.6) is 0 Å². The molecule has 0 unspecified atom stereocenters. The summed E-state index contributed by atoms with van der Waals surface area (Å²) >= 11 is 0. The molecule has 1 aromatic carbocycles. The monoisotopic (exact) mass is 321 g/mol. The molecule has 6 heteroatoms. The molecule has 0 N–H and O–H groups in total. The molecule has 0 spiro atoms. The predicted molar refractivity (Wildman–Crippen MR) is 90.0 cm³/mol. The van der Waals surface area contributed by atoms with Crippen molar-refractivity contribution in [2.24, 2.45) is 7.05 Å². The van der Waals surface area contributed by atoms with Crippen molar-refractivity contribution in [1.82, 2.24) is 24.1 Å². The molecular formula is C18H16FN5.